The quantitative estimate of drug-likeness (QED) is 0.329. The van der Waals surface area contributed by atoms with E-state index in [0.29, 0.717) is 36.0 Å². The van der Waals surface area contributed by atoms with Gasteiger partial charge in [-0.3, -0.25) is 0 Å². The molecule has 0 amide bonds. The Morgan fingerprint density at radius 3 is 2.40 bits per heavy atom. The number of sulfonamides is 1. The van der Waals surface area contributed by atoms with E-state index in [0.717, 1.165) is 17.7 Å². The Balaban J connectivity index is 1.50. The second-order valence-corrected chi connectivity index (χ2v) is 13.2. The molecule has 43 heavy (non-hydrogen) atoms. The maximum absolute atomic E-state index is 13.9. The Morgan fingerprint density at radius 1 is 1.00 bits per heavy atom. The summed E-state index contributed by atoms with van der Waals surface area (Å²) < 4.78 is 67.4. The van der Waals surface area contributed by atoms with Gasteiger partial charge in [0.05, 0.1) is 29.4 Å². The first-order valence-corrected chi connectivity index (χ1v) is 15.6. The molecule has 3 atom stereocenters. The zero-order valence-corrected chi connectivity index (χ0v) is 25.1. The average molecular weight is 610 g/mol. The molecule has 0 radical (unpaired) electrons. The number of hydrogen-bond donors (Lipinski definition) is 0. The first kappa shape index (κ1) is 29.1. The topological polar surface area (TPSA) is 89.3 Å². The van der Waals surface area contributed by atoms with E-state index in [1.54, 1.807) is 44.4 Å². The van der Waals surface area contributed by atoms with Crippen LogP contribution in [0.4, 0.5) is 14.6 Å². The number of rotatable bonds is 7. The van der Waals surface area contributed by atoms with E-state index in [-0.39, 0.29) is 28.2 Å². The summed E-state index contributed by atoms with van der Waals surface area (Å²) in [6.07, 6.45) is 5.88. The minimum atomic E-state index is -3.80. The number of piperidine rings is 1. The van der Waals surface area contributed by atoms with Crippen molar-refractivity contribution in [2.24, 2.45) is 16.8 Å². The van der Waals surface area contributed by atoms with Crippen molar-refractivity contribution in [1.82, 2.24) is 19.0 Å². The van der Waals surface area contributed by atoms with E-state index in [4.69, 9.17) is 14.8 Å². The molecule has 3 aliphatic heterocycles. The number of aromatic nitrogens is 2. The van der Waals surface area contributed by atoms with Crippen LogP contribution in [0.3, 0.4) is 0 Å². The lowest BCUT2D eigenvalue weighted by molar-refractivity contribution is -0.0512. The fourth-order valence-electron chi connectivity index (χ4n) is 6.22. The van der Waals surface area contributed by atoms with Gasteiger partial charge in [0.1, 0.15) is 5.84 Å². The highest BCUT2D eigenvalue weighted by Gasteiger charge is 2.39. The molecule has 3 aliphatic rings. The highest BCUT2D eigenvalue weighted by atomic mass is 32.2. The third-order valence-corrected chi connectivity index (χ3v) is 9.79. The number of para-hydroxylation sites is 1. The maximum Gasteiger partial charge on any atom is 0.387 e. The average Bonchev–Trinajstić information content (AvgIpc) is 3.31. The Hall–Kier alpha value is -4.03. The SMILES string of the molecule is COc1cc([C@@H]2c3c(C)nn(-c4ccccc4)c3N=C3C=CC(S(=O)(=O)N4C[C@H](C)C[C@H](C)C4)=CN32)ccc1OC(F)F. The smallest absolute Gasteiger partial charge is 0.387 e. The van der Waals surface area contributed by atoms with Crippen molar-refractivity contribution in [3.63, 3.8) is 0 Å². The van der Waals surface area contributed by atoms with Crippen molar-refractivity contribution >= 4 is 21.7 Å². The Bertz CT molecular complexity index is 1730. The second kappa shape index (κ2) is 11.2. The molecule has 226 valence electrons. The molecule has 0 unspecified atom stereocenters. The predicted molar refractivity (Wildman–Crippen MR) is 159 cm³/mol. The molecule has 4 heterocycles. The Kier molecular flexibility index (Phi) is 7.59. The Morgan fingerprint density at radius 2 is 1.72 bits per heavy atom. The van der Waals surface area contributed by atoms with Crippen LogP contribution in [-0.4, -0.2) is 60.0 Å². The largest absolute Gasteiger partial charge is 0.493 e. The minimum Gasteiger partial charge on any atom is -0.493 e. The first-order valence-electron chi connectivity index (χ1n) is 14.1. The lowest BCUT2D eigenvalue weighted by Crippen LogP contribution is -2.44. The third kappa shape index (κ3) is 5.33. The molecule has 1 fully saturated rings. The van der Waals surface area contributed by atoms with Crippen molar-refractivity contribution in [1.29, 1.82) is 0 Å². The van der Waals surface area contributed by atoms with E-state index in [9.17, 15) is 17.2 Å². The highest BCUT2D eigenvalue weighted by Crippen LogP contribution is 2.46. The standard InChI is InChI=1S/C31H33F2N5O4S/c1-19-14-20(2)17-36(16-19)43(39,40)24-11-13-27-34-30-28(21(3)35-38(30)23-8-6-5-7-9-23)29(37(27)18-24)22-10-12-25(42-31(32)33)26(15-22)41-4/h5-13,15,18-20,29,31H,14,16-17H2,1-4H3/t19-,20+,29-/m1/s1. The van der Waals surface area contributed by atoms with Gasteiger partial charge in [0.2, 0.25) is 10.0 Å². The van der Waals surface area contributed by atoms with Gasteiger partial charge in [0, 0.05) is 24.9 Å². The molecule has 1 aromatic heterocycles. The molecule has 0 N–H and O–H groups in total. The van der Waals surface area contributed by atoms with Gasteiger partial charge in [-0.2, -0.15) is 18.2 Å². The number of alkyl halides is 2. The molecular formula is C31H33F2N5O4S. The highest BCUT2D eigenvalue weighted by molar-refractivity contribution is 7.93. The fraction of sp³-hybridized carbons (Fsp3) is 0.355. The summed E-state index contributed by atoms with van der Waals surface area (Å²) in [7, 11) is -2.42. The number of ether oxygens (including phenoxy) is 2. The van der Waals surface area contributed by atoms with Gasteiger partial charge in [-0.1, -0.05) is 38.1 Å². The first-order chi connectivity index (χ1) is 20.6. The molecule has 1 saturated heterocycles. The van der Waals surface area contributed by atoms with Crippen molar-refractivity contribution in [2.45, 2.75) is 39.8 Å². The third-order valence-electron chi connectivity index (χ3n) is 7.97. The summed E-state index contributed by atoms with van der Waals surface area (Å²) in [6, 6.07) is 13.7. The number of allylic oxidation sites excluding steroid dienone is 1. The van der Waals surface area contributed by atoms with E-state index >= 15 is 0 Å². The van der Waals surface area contributed by atoms with Crippen molar-refractivity contribution in [3.8, 4) is 17.2 Å². The number of aryl methyl sites for hydroxylation is 1. The number of aliphatic imine (C=N–C) groups is 1. The molecule has 0 saturated carbocycles. The summed E-state index contributed by atoms with van der Waals surface area (Å²) in [5.74, 6) is 1.63. The van der Waals surface area contributed by atoms with Crippen LogP contribution in [-0.2, 0) is 10.0 Å². The molecule has 2 aromatic carbocycles. The van der Waals surface area contributed by atoms with Gasteiger partial charge in [-0.15, -0.1) is 0 Å². The van der Waals surface area contributed by atoms with Crippen molar-refractivity contribution < 1.29 is 26.7 Å². The number of methoxy groups -OCH3 is 1. The van der Waals surface area contributed by atoms with Gasteiger partial charge in [-0.25, -0.2) is 18.1 Å². The monoisotopic (exact) mass is 609 g/mol. The van der Waals surface area contributed by atoms with Crippen LogP contribution < -0.4 is 9.47 Å². The molecule has 12 heteroatoms. The van der Waals surface area contributed by atoms with Gasteiger partial charge >= 0.3 is 6.61 Å². The van der Waals surface area contributed by atoms with Gasteiger partial charge < -0.3 is 14.4 Å². The summed E-state index contributed by atoms with van der Waals surface area (Å²) in [5, 5.41) is 4.81. The summed E-state index contributed by atoms with van der Waals surface area (Å²) in [5.41, 5.74) is 2.91. The number of amidine groups is 1. The lowest BCUT2D eigenvalue weighted by atomic mass is 9.94. The summed E-state index contributed by atoms with van der Waals surface area (Å²) in [6.45, 7) is 3.90. The van der Waals surface area contributed by atoms with E-state index in [1.165, 1.54) is 13.2 Å². The maximum atomic E-state index is 13.9. The van der Waals surface area contributed by atoms with Crippen LogP contribution in [0.15, 0.2) is 76.8 Å². The van der Waals surface area contributed by atoms with Crippen LogP contribution >= 0.6 is 0 Å². The van der Waals surface area contributed by atoms with Crippen LogP contribution in [0, 0.1) is 18.8 Å². The van der Waals surface area contributed by atoms with Crippen LogP contribution in [0.25, 0.3) is 5.69 Å². The van der Waals surface area contributed by atoms with Crippen LogP contribution in [0.2, 0.25) is 0 Å². The molecule has 3 aromatic rings. The van der Waals surface area contributed by atoms with Crippen LogP contribution in [0.1, 0.15) is 43.1 Å². The summed E-state index contributed by atoms with van der Waals surface area (Å²) in [4.78, 5) is 6.90. The lowest BCUT2D eigenvalue weighted by Gasteiger charge is -2.38. The number of fused-ring (bicyclic) bond motifs is 2. The molecule has 6 rings (SSSR count). The zero-order chi connectivity index (χ0) is 30.5. The molecule has 0 bridgehead atoms. The van der Waals surface area contributed by atoms with Crippen LogP contribution in [0.5, 0.6) is 11.5 Å². The Labute approximate surface area is 249 Å². The number of benzene rings is 2. The minimum absolute atomic E-state index is 0.103. The fourth-order valence-corrected chi connectivity index (χ4v) is 7.91. The van der Waals surface area contributed by atoms with Crippen molar-refractivity contribution in [2.75, 3.05) is 20.2 Å². The van der Waals surface area contributed by atoms with Gasteiger partial charge in [0.25, 0.3) is 0 Å². The molecule has 0 aliphatic carbocycles. The van der Waals surface area contributed by atoms with Gasteiger partial charge in [0.15, 0.2) is 17.3 Å². The molecule has 0 spiro atoms. The predicted octanol–water partition coefficient (Wildman–Crippen LogP) is 5.94. The van der Waals surface area contributed by atoms with Crippen molar-refractivity contribution in [3.05, 3.63) is 88.6 Å². The van der Waals surface area contributed by atoms with E-state index < -0.39 is 22.7 Å². The van der Waals surface area contributed by atoms with Gasteiger partial charge in [-0.05, 0) is 67.2 Å². The number of hydrogen-bond acceptors (Lipinski definition) is 7. The number of nitrogens with zero attached hydrogens (tertiary/aromatic N) is 5. The second-order valence-electron chi connectivity index (χ2n) is 11.3. The number of halogens is 2. The zero-order valence-electron chi connectivity index (χ0n) is 24.3. The normalized spacial score (nSPS) is 22.1. The summed E-state index contributed by atoms with van der Waals surface area (Å²) >= 11 is 0. The van der Waals surface area contributed by atoms with E-state index in [2.05, 4.69) is 18.6 Å². The molecular weight excluding hydrogens is 576 g/mol. The molecule has 9 nitrogen and oxygen atoms in total. The van der Waals surface area contributed by atoms with E-state index in [1.807, 2.05) is 37.3 Å².